The molecule has 0 radical (unpaired) electrons. The largest absolute Gasteiger partial charge is 0.390 e. The summed E-state index contributed by atoms with van der Waals surface area (Å²) < 4.78 is 0. The van der Waals surface area contributed by atoms with Crippen molar-refractivity contribution in [1.82, 2.24) is 4.90 Å². The fraction of sp³-hybridized carbons (Fsp3) is 0.812. The van der Waals surface area contributed by atoms with Gasteiger partial charge in [0.2, 0.25) is 5.91 Å². The van der Waals surface area contributed by atoms with E-state index in [0.29, 0.717) is 24.8 Å². The Morgan fingerprint density at radius 2 is 1.95 bits per heavy atom. The molecule has 3 nitrogen and oxygen atoms in total. The van der Waals surface area contributed by atoms with Crippen LogP contribution in [0.15, 0.2) is 0 Å². The van der Waals surface area contributed by atoms with Crippen LogP contribution in [-0.4, -0.2) is 33.6 Å². The van der Waals surface area contributed by atoms with Crippen molar-refractivity contribution in [2.45, 2.75) is 56.1 Å². The number of carbonyl (C=O) groups excluding carboxylic acids is 1. The number of hydrogen-bond acceptors (Lipinski definition) is 2. The van der Waals surface area contributed by atoms with Gasteiger partial charge in [-0.05, 0) is 50.4 Å². The van der Waals surface area contributed by atoms with E-state index in [1.165, 1.54) is 6.42 Å². The average molecular weight is 259 g/mol. The minimum atomic E-state index is -0.501. The Morgan fingerprint density at radius 3 is 2.47 bits per heavy atom. The zero-order chi connectivity index (χ0) is 13.3. The van der Waals surface area contributed by atoms with E-state index in [4.69, 9.17) is 6.42 Å². The van der Waals surface area contributed by atoms with Crippen LogP contribution in [0, 0.1) is 30.1 Å². The highest BCUT2D eigenvalue weighted by Gasteiger charge is 2.60. The molecule has 0 spiro atoms. The maximum atomic E-state index is 12.3. The van der Waals surface area contributed by atoms with Crippen LogP contribution in [0.1, 0.15) is 44.9 Å². The van der Waals surface area contributed by atoms with Crippen molar-refractivity contribution in [1.29, 1.82) is 0 Å². The first-order chi connectivity index (χ1) is 9.02. The number of aliphatic hydroxyl groups is 1. The van der Waals surface area contributed by atoms with Gasteiger partial charge in [-0.2, -0.15) is 0 Å². The van der Waals surface area contributed by atoms with Gasteiger partial charge in [-0.15, -0.1) is 12.3 Å². The Balaban J connectivity index is 1.67. The van der Waals surface area contributed by atoms with Gasteiger partial charge in [0.25, 0.3) is 0 Å². The second-order valence-corrected chi connectivity index (χ2v) is 7.48. The number of carbonyl (C=O) groups is 1. The van der Waals surface area contributed by atoms with Gasteiger partial charge in [-0.25, -0.2) is 0 Å². The number of likely N-dealkylation sites (tertiary alicyclic amines) is 1. The molecule has 1 N–H and O–H groups in total. The van der Waals surface area contributed by atoms with Crippen LogP contribution in [0.25, 0.3) is 0 Å². The van der Waals surface area contributed by atoms with Gasteiger partial charge in [0.15, 0.2) is 0 Å². The summed E-state index contributed by atoms with van der Waals surface area (Å²) >= 11 is 0. The summed E-state index contributed by atoms with van der Waals surface area (Å²) in [6, 6.07) is 0. The van der Waals surface area contributed by atoms with E-state index >= 15 is 0 Å². The third-order valence-corrected chi connectivity index (χ3v) is 5.93. The summed E-state index contributed by atoms with van der Waals surface area (Å²) in [4.78, 5) is 14.4. The second-order valence-electron chi connectivity index (χ2n) is 7.48. The molecular formula is C16H21NO2. The molecule has 1 amide bonds. The predicted molar refractivity (Wildman–Crippen MR) is 71.0 cm³/mol. The van der Waals surface area contributed by atoms with Crippen LogP contribution >= 0.6 is 0 Å². The molecule has 5 rings (SSSR count). The Kier molecular flexibility index (Phi) is 2.20. The Morgan fingerprint density at radius 1 is 1.26 bits per heavy atom. The zero-order valence-corrected chi connectivity index (χ0v) is 11.3. The molecule has 1 saturated heterocycles. The van der Waals surface area contributed by atoms with Gasteiger partial charge in [0.05, 0.1) is 5.60 Å². The number of hydrogen-bond donors (Lipinski definition) is 1. The van der Waals surface area contributed by atoms with Crippen LogP contribution in [0.3, 0.4) is 0 Å². The molecule has 19 heavy (non-hydrogen) atoms. The monoisotopic (exact) mass is 259 g/mol. The smallest absolute Gasteiger partial charge is 0.224 e. The summed E-state index contributed by atoms with van der Waals surface area (Å²) in [7, 11) is 0. The van der Waals surface area contributed by atoms with Crippen molar-refractivity contribution >= 4 is 5.91 Å². The van der Waals surface area contributed by atoms with Crippen LogP contribution in [0.2, 0.25) is 0 Å². The first-order valence-corrected chi connectivity index (χ1v) is 7.51. The summed E-state index contributed by atoms with van der Waals surface area (Å²) in [6.07, 6.45) is 12.1. The van der Waals surface area contributed by atoms with E-state index in [2.05, 4.69) is 10.8 Å². The van der Waals surface area contributed by atoms with E-state index < -0.39 is 5.60 Å². The summed E-state index contributed by atoms with van der Waals surface area (Å²) in [5, 5.41) is 10.8. The first-order valence-electron chi connectivity index (χ1n) is 7.51. The van der Waals surface area contributed by atoms with Crippen molar-refractivity contribution in [3.8, 4) is 12.3 Å². The third kappa shape index (κ3) is 1.59. The van der Waals surface area contributed by atoms with Crippen molar-refractivity contribution in [3.05, 3.63) is 0 Å². The van der Waals surface area contributed by atoms with E-state index in [1.54, 1.807) is 0 Å². The van der Waals surface area contributed by atoms with Crippen molar-refractivity contribution < 1.29 is 9.90 Å². The molecule has 4 saturated carbocycles. The molecule has 5 aliphatic rings. The number of rotatable bonds is 1. The molecule has 3 heteroatoms. The molecule has 5 fully saturated rings. The Bertz CT molecular complexity index is 464. The lowest BCUT2D eigenvalue weighted by Crippen LogP contribution is -2.65. The zero-order valence-electron chi connectivity index (χ0n) is 11.3. The topological polar surface area (TPSA) is 40.5 Å². The van der Waals surface area contributed by atoms with Gasteiger partial charge < -0.3 is 10.0 Å². The maximum absolute atomic E-state index is 12.3. The minimum absolute atomic E-state index is 0.0679. The van der Waals surface area contributed by atoms with Crippen LogP contribution in [-0.2, 0) is 4.79 Å². The number of nitrogens with zero attached hydrogens (tertiary/aromatic N) is 1. The van der Waals surface area contributed by atoms with Gasteiger partial charge in [0, 0.05) is 24.4 Å². The van der Waals surface area contributed by atoms with E-state index in [-0.39, 0.29) is 17.4 Å². The van der Waals surface area contributed by atoms with Crippen molar-refractivity contribution in [3.63, 3.8) is 0 Å². The lowest BCUT2D eigenvalue weighted by Gasteiger charge is -2.62. The van der Waals surface area contributed by atoms with Gasteiger partial charge in [0.1, 0.15) is 0 Å². The molecule has 0 aromatic rings. The highest BCUT2D eigenvalue weighted by Crippen LogP contribution is 2.60. The second kappa shape index (κ2) is 3.55. The molecule has 0 aromatic heterocycles. The average Bonchev–Trinajstić information content (AvgIpc) is 2.68. The Labute approximate surface area is 114 Å². The van der Waals surface area contributed by atoms with E-state index in [1.807, 2.05) is 0 Å². The maximum Gasteiger partial charge on any atom is 0.224 e. The molecule has 102 valence electrons. The molecule has 0 aromatic carbocycles. The Hall–Kier alpha value is -1.01. The fourth-order valence-corrected chi connectivity index (χ4v) is 5.76. The SMILES string of the molecule is C#CC1CC(=O)N(C23CC4CC(CC(O)(C4)C2)C3)C1. The summed E-state index contributed by atoms with van der Waals surface area (Å²) in [6.45, 7) is 0.713. The molecule has 1 aliphatic heterocycles. The van der Waals surface area contributed by atoms with Crippen LogP contribution in [0.5, 0.6) is 0 Å². The number of amides is 1. The highest BCUT2D eigenvalue weighted by atomic mass is 16.3. The van der Waals surface area contributed by atoms with E-state index in [0.717, 1.165) is 32.1 Å². The molecule has 3 unspecified atom stereocenters. The van der Waals surface area contributed by atoms with Gasteiger partial charge in [-0.1, -0.05) is 0 Å². The molecule has 4 aliphatic carbocycles. The van der Waals surface area contributed by atoms with Crippen LogP contribution in [0.4, 0.5) is 0 Å². The summed E-state index contributed by atoms with van der Waals surface area (Å²) in [5.41, 5.74) is -0.569. The lowest BCUT2D eigenvalue weighted by molar-refractivity contribution is -0.179. The summed E-state index contributed by atoms with van der Waals surface area (Å²) in [5.74, 6) is 4.27. The van der Waals surface area contributed by atoms with Crippen LogP contribution < -0.4 is 0 Å². The molecule has 3 atom stereocenters. The first kappa shape index (κ1) is 11.8. The van der Waals surface area contributed by atoms with Gasteiger partial charge in [-0.3, -0.25) is 4.79 Å². The van der Waals surface area contributed by atoms with E-state index in [9.17, 15) is 9.90 Å². The van der Waals surface area contributed by atoms with Gasteiger partial charge >= 0.3 is 0 Å². The molecule has 1 heterocycles. The standard InChI is InChI=1S/C16H21NO2/c1-2-11-4-14(18)17(9-11)15-5-12-3-13(6-15)8-16(19,7-12)10-15/h1,11-13,19H,3-10H2. The molecule has 4 bridgehead atoms. The normalized spacial score (nSPS) is 51.7. The predicted octanol–water partition coefficient (Wildman–Crippen LogP) is 1.55. The minimum Gasteiger partial charge on any atom is -0.390 e. The quantitative estimate of drug-likeness (QED) is 0.726. The number of terminal acetylenes is 1. The third-order valence-electron chi connectivity index (χ3n) is 5.93. The highest BCUT2D eigenvalue weighted by molar-refractivity contribution is 5.80. The molecular weight excluding hydrogens is 238 g/mol. The fourth-order valence-electron chi connectivity index (χ4n) is 5.76. The van der Waals surface area contributed by atoms with Crippen molar-refractivity contribution in [2.75, 3.05) is 6.54 Å². The van der Waals surface area contributed by atoms with Crippen molar-refractivity contribution in [2.24, 2.45) is 17.8 Å². The lowest BCUT2D eigenvalue weighted by atomic mass is 9.50.